The minimum absolute atomic E-state index is 0.161. The lowest BCUT2D eigenvalue weighted by molar-refractivity contribution is -0.136. The van der Waals surface area contributed by atoms with Crippen LogP contribution in [0.3, 0.4) is 0 Å². The number of hydrogen-bond acceptors (Lipinski definition) is 2. The van der Waals surface area contributed by atoms with Gasteiger partial charge in [-0.05, 0) is 31.1 Å². The third-order valence-electron chi connectivity index (χ3n) is 3.86. The van der Waals surface area contributed by atoms with Crippen molar-refractivity contribution in [2.45, 2.75) is 65.3 Å². The predicted octanol–water partition coefficient (Wildman–Crippen LogP) is 2.54. The van der Waals surface area contributed by atoms with E-state index < -0.39 is 0 Å². The Morgan fingerprint density at radius 2 is 2.12 bits per heavy atom. The highest BCUT2D eigenvalue weighted by molar-refractivity contribution is 5.81. The van der Waals surface area contributed by atoms with Gasteiger partial charge < -0.3 is 10.6 Å². The molecule has 0 aromatic heterocycles. The summed E-state index contributed by atoms with van der Waals surface area (Å²) in [4.78, 5) is 14.2. The van der Waals surface area contributed by atoms with Gasteiger partial charge in [-0.3, -0.25) is 4.79 Å². The zero-order valence-electron chi connectivity index (χ0n) is 11.7. The molecular formula is C14H28N2O. The van der Waals surface area contributed by atoms with E-state index in [-0.39, 0.29) is 11.9 Å². The molecule has 3 nitrogen and oxygen atoms in total. The van der Waals surface area contributed by atoms with Crippen molar-refractivity contribution < 1.29 is 4.79 Å². The Hall–Kier alpha value is -0.570. The van der Waals surface area contributed by atoms with Gasteiger partial charge in [-0.25, -0.2) is 0 Å². The van der Waals surface area contributed by atoms with Gasteiger partial charge in [0.25, 0.3) is 0 Å². The molecule has 1 aliphatic heterocycles. The zero-order valence-corrected chi connectivity index (χ0v) is 11.7. The second-order valence-corrected chi connectivity index (χ2v) is 5.82. The Bertz CT molecular complexity index is 251. The van der Waals surface area contributed by atoms with Crippen LogP contribution in [0.1, 0.15) is 59.3 Å². The van der Waals surface area contributed by atoms with Crippen LogP contribution in [-0.2, 0) is 4.79 Å². The van der Waals surface area contributed by atoms with Crippen LogP contribution >= 0.6 is 0 Å². The van der Waals surface area contributed by atoms with Gasteiger partial charge in [0.1, 0.15) is 0 Å². The van der Waals surface area contributed by atoms with Crippen molar-refractivity contribution in [2.75, 3.05) is 13.1 Å². The first-order chi connectivity index (χ1) is 8.02. The SMILES string of the molecule is CCCC(N)C(=O)N1CCCC(C)(CCC)C1. The van der Waals surface area contributed by atoms with Crippen LogP contribution in [0.4, 0.5) is 0 Å². The molecule has 0 aromatic rings. The van der Waals surface area contributed by atoms with Gasteiger partial charge in [0, 0.05) is 13.1 Å². The van der Waals surface area contributed by atoms with Crippen molar-refractivity contribution >= 4 is 5.91 Å². The summed E-state index contributed by atoms with van der Waals surface area (Å²) < 4.78 is 0. The average Bonchev–Trinajstić information content (AvgIpc) is 2.28. The number of carbonyl (C=O) groups excluding carboxylic acids is 1. The number of nitrogens with zero attached hydrogens (tertiary/aromatic N) is 1. The van der Waals surface area contributed by atoms with Gasteiger partial charge in [-0.2, -0.15) is 0 Å². The third-order valence-corrected chi connectivity index (χ3v) is 3.86. The fourth-order valence-electron chi connectivity index (χ4n) is 2.98. The van der Waals surface area contributed by atoms with Crippen LogP contribution in [-0.4, -0.2) is 29.9 Å². The lowest BCUT2D eigenvalue weighted by Gasteiger charge is -2.41. The van der Waals surface area contributed by atoms with Crippen LogP contribution in [0.25, 0.3) is 0 Å². The van der Waals surface area contributed by atoms with E-state index >= 15 is 0 Å². The maximum Gasteiger partial charge on any atom is 0.239 e. The molecule has 100 valence electrons. The highest BCUT2D eigenvalue weighted by Gasteiger charge is 2.33. The summed E-state index contributed by atoms with van der Waals surface area (Å²) in [5, 5.41) is 0. The molecule has 0 aliphatic carbocycles. The van der Waals surface area contributed by atoms with Crippen LogP contribution in [0.2, 0.25) is 0 Å². The largest absolute Gasteiger partial charge is 0.341 e. The second kappa shape index (κ2) is 6.39. The van der Waals surface area contributed by atoms with E-state index in [1.807, 2.05) is 4.90 Å². The summed E-state index contributed by atoms with van der Waals surface area (Å²) in [6.07, 6.45) is 6.56. The summed E-state index contributed by atoms with van der Waals surface area (Å²) in [5.74, 6) is 0.161. The summed E-state index contributed by atoms with van der Waals surface area (Å²) in [6.45, 7) is 8.40. The summed E-state index contributed by atoms with van der Waals surface area (Å²) in [6, 6.07) is -0.288. The zero-order chi connectivity index (χ0) is 12.9. The first kappa shape index (κ1) is 14.5. The molecule has 1 aliphatic rings. The van der Waals surface area contributed by atoms with Gasteiger partial charge in [-0.15, -0.1) is 0 Å². The highest BCUT2D eigenvalue weighted by atomic mass is 16.2. The number of nitrogens with two attached hydrogens (primary N) is 1. The van der Waals surface area contributed by atoms with Crippen LogP contribution in [0.5, 0.6) is 0 Å². The fraction of sp³-hybridized carbons (Fsp3) is 0.929. The van der Waals surface area contributed by atoms with Crippen molar-refractivity contribution in [3.63, 3.8) is 0 Å². The molecule has 2 unspecified atom stereocenters. The molecule has 0 aromatic carbocycles. The number of amides is 1. The van der Waals surface area contributed by atoms with Crippen molar-refractivity contribution in [1.29, 1.82) is 0 Å². The normalized spacial score (nSPS) is 26.9. The van der Waals surface area contributed by atoms with Gasteiger partial charge in [0.05, 0.1) is 6.04 Å². The monoisotopic (exact) mass is 240 g/mol. The number of rotatable bonds is 5. The predicted molar refractivity (Wildman–Crippen MR) is 71.7 cm³/mol. The molecular weight excluding hydrogens is 212 g/mol. The van der Waals surface area contributed by atoms with Crippen LogP contribution in [0, 0.1) is 5.41 Å². The van der Waals surface area contributed by atoms with E-state index in [2.05, 4.69) is 20.8 Å². The van der Waals surface area contributed by atoms with Gasteiger partial charge in [-0.1, -0.05) is 33.6 Å². The Labute approximate surface area is 106 Å². The quantitative estimate of drug-likeness (QED) is 0.802. The third kappa shape index (κ3) is 3.98. The van der Waals surface area contributed by atoms with Gasteiger partial charge in [0.2, 0.25) is 5.91 Å². The molecule has 0 saturated carbocycles. The number of likely N-dealkylation sites (tertiary alicyclic amines) is 1. The Morgan fingerprint density at radius 1 is 1.41 bits per heavy atom. The van der Waals surface area contributed by atoms with E-state index in [4.69, 9.17) is 5.73 Å². The molecule has 0 bridgehead atoms. The Kier molecular flexibility index (Phi) is 5.44. The number of hydrogen-bond donors (Lipinski definition) is 1. The summed E-state index contributed by atoms with van der Waals surface area (Å²) >= 11 is 0. The smallest absolute Gasteiger partial charge is 0.239 e. The molecule has 0 radical (unpaired) electrons. The molecule has 1 amide bonds. The lowest BCUT2D eigenvalue weighted by Crippen LogP contribution is -2.50. The molecule has 2 atom stereocenters. The molecule has 2 N–H and O–H groups in total. The van der Waals surface area contributed by atoms with Crippen molar-refractivity contribution in [3.05, 3.63) is 0 Å². The maximum absolute atomic E-state index is 12.2. The van der Waals surface area contributed by atoms with Gasteiger partial charge >= 0.3 is 0 Å². The van der Waals surface area contributed by atoms with Crippen LogP contribution < -0.4 is 5.73 Å². The second-order valence-electron chi connectivity index (χ2n) is 5.82. The van der Waals surface area contributed by atoms with E-state index in [1.54, 1.807) is 0 Å². The van der Waals surface area contributed by atoms with E-state index in [0.717, 1.165) is 32.4 Å². The standard InChI is InChI=1S/C14H28N2O/c1-4-7-12(15)13(17)16-10-6-9-14(3,11-16)8-5-2/h12H,4-11,15H2,1-3H3. The first-order valence-electron chi connectivity index (χ1n) is 7.07. The molecule has 1 saturated heterocycles. The summed E-state index contributed by atoms with van der Waals surface area (Å²) in [5.41, 5.74) is 6.24. The average molecular weight is 240 g/mol. The summed E-state index contributed by atoms with van der Waals surface area (Å²) in [7, 11) is 0. The number of carbonyl (C=O) groups is 1. The molecule has 1 fully saturated rings. The lowest BCUT2D eigenvalue weighted by atomic mass is 9.78. The first-order valence-corrected chi connectivity index (χ1v) is 7.07. The molecule has 1 heterocycles. The van der Waals surface area contributed by atoms with E-state index in [0.29, 0.717) is 5.41 Å². The maximum atomic E-state index is 12.2. The minimum atomic E-state index is -0.288. The molecule has 3 heteroatoms. The molecule has 0 spiro atoms. The van der Waals surface area contributed by atoms with Crippen molar-refractivity contribution in [1.82, 2.24) is 4.90 Å². The Morgan fingerprint density at radius 3 is 2.71 bits per heavy atom. The fourth-order valence-corrected chi connectivity index (χ4v) is 2.98. The Balaban J connectivity index is 2.57. The van der Waals surface area contributed by atoms with Crippen molar-refractivity contribution in [2.24, 2.45) is 11.1 Å². The van der Waals surface area contributed by atoms with Crippen LogP contribution in [0.15, 0.2) is 0 Å². The number of piperidine rings is 1. The topological polar surface area (TPSA) is 46.3 Å². The molecule has 17 heavy (non-hydrogen) atoms. The highest BCUT2D eigenvalue weighted by Crippen LogP contribution is 2.34. The van der Waals surface area contributed by atoms with Gasteiger partial charge in [0.15, 0.2) is 0 Å². The van der Waals surface area contributed by atoms with E-state index in [9.17, 15) is 4.79 Å². The van der Waals surface area contributed by atoms with Crippen molar-refractivity contribution in [3.8, 4) is 0 Å². The van der Waals surface area contributed by atoms with E-state index in [1.165, 1.54) is 19.3 Å². The molecule has 1 rings (SSSR count). The minimum Gasteiger partial charge on any atom is -0.341 e.